The normalized spacial score (nSPS) is 17.7. The summed E-state index contributed by atoms with van der Waals surface area (Å²) in [4.78, 5) is 9.51. The smallest absolute Gasteiger partial charge is 0.135 e. The van der Waals surface area contributed by atoms with E-state index >= 15 is 0 Å². The Labute approximate surface area is 412 Å². The number of para-hydroxylation sites is 4. The van der Waals surface area contributed by atoms with Crippen molar-refractivity contribution in [2.45, 2.75) is 116 Å². The largest absolute Gasteiger partial charge is 0.509 e. The van der Waals surface area contributed by atoms with Gasteiger partial charge < -0.3 is 19.1 Å². The van der Waals surface area contributed by atoms with Crippen LogP contribution in [0.25, 0.3) is 27.6 Å². The van der Waals surface area contributed by atoms with Crippen LogP contribution < -0.4 is 14.5 Å². The Morgan fingerprint density at radius 2 is 1.26 bits per heavy atom. The Morgan fingerprint density at radius 3 is 1.94 bits per heavy atom. The standard InChI is InChI=1S/C60H61N4O.Pt/c1-57(2,3)43-35-44(62-40-63(53-28-17-16-27-52(53)62)56-49(58(4,5)6)24-20-25-50(56)59(7,8)9)38-46(36-43)65-45-29-30-48-47-23-14-15-26-51(47)64(54(48)39-45)55-37-42(31-34-61-55)60(32-18-11-19-33-60)41-21-12-10-13-22-41;/h10,12-17,20-31,34-37,40H,11,18-19,32-33H2,1-9H3;/q-3;/i32D2,33D2;. The summed E-state index contributed by atoms with van der Waals surface area (Å²) in [5.41, 5.74) is 8.57. The van der Waals surface area contributed by atoms with Gasteiger partial charge in [-0.1, -0.05) is 166 Å². The second-order valence-corrected chi connectivity index (χ2v) is 20.7. The van der Waals surface area contributed by atoms with E-state index in [1.807, 2.05) is 59.2 Å². The molecule has 10 rings (SSSR count). The number of ether oxygens (including phenoxy) is 1. The van der Waals surface area contributed by atoms with E-state index in [-0.39, 0.29) is 50.2 Å². The molecule has 6 heteroatoms. The molecular weight excluding hydrogens is 988 g/mol. The van der Waals surface area contributed by atoms with Crippen molar-refractivity contribution in [3.63, 3.8) is 0 Å². The Bertz CT molecular complexity index is 3200. The number of benzene rings is 6. The van der Waals surface area contributed by atoms with Crippen LogP contribution in [0.5, 0.6) is 11.5 Å². The maximum Gasteiger partial charge on any atom is 0.135 e. The van der Waals surface area contributed by atoms with Gasteiger partial charge in [-0.2, -0.15) is 6.07 Å². The quantitative estimate of drug-likeness (QED) is 0.149. The molecule has 1 aliphatic carbocycles. The monoisotopic (exact) mass is 1050 g/mol. The Kier molecular flexibility index (Phi) is 10.6. The van der Waals surface area contributed by atoms with E-state index in [1.165, 1.54) is 16.8 Å². The molecule has 0 N–H and O–H groups in total. The predicted octanol–water partition coefficient (Wildman–Crippen LogP) is 16.1. The second-order valence-electron chi connectivity index (χ2n) is 20.7. The van der Waals surface area contributed by atoms with Crippen LogP contribution in [0, 0.1) is 18.8 Å². The first-order valence-electron chi connectivity index (χ1n) is 25.0. The van der Waals surface area contributed by atoms with Crippen LogP contribution in [0.3, 0.4) is 0 Å². The molecule has 3 heterocycles. The van der Waals surface area contributed by atoms with Gasteiger partial charge in [0.1, 0.15) is 5.82 Å². The van der Waals surface area contributed by atoms with Crippen LogP contribution >= 0.6 is 0 Å². The SMILES string of the molecule is [2H]C1([2H])CCCC([2H])([2H])C1(c1ccccc1)c1ccnc(-n2c3[c-]c(Oc4[c-]c(N5[CH-]N(c6c(C(C)(C)C)cccc6C(C)(C)C)c6ccccc65)cc(C(C)(C)C)c4)ccc3c3ccccc32)c1.[Pt]. The van der Waals surface area contributed by atoms with Crippen molar-refractivity contribution < 1.29 is 31.3 Å². The maximum atomic E-state index is 9.54. The predicted molar refractivity (Wildman–Crippen MR) is 271 cm³/mol. The van der Waals surface area contributed by atoms with Crippen LogP contribution in [-0.2, 0) is 42.7 Å². The average molecular weight is 1050 g/mol. The molecule has 66 heavy (non-hydrogen) atoms. The molecule has 0 amide bonds. The fraction of sp³-hybridized carbons (Fsp3) is 0.300. The summed E-state index contributed by atoms with van der Waals surface area (Å²) in [6.45, 7) is 22.5. The van der Waals surface area contributed by atoms with Crippen molar-refractivity contribution in [3.8, 4) is 17.3 Å². The van der Waals surface area contributed by atoms with Gasteiger partial charge in [0.25, 0.3) is 0 Å². The molecule has 340 valence electrons. The number of hydrogen-bond acceptors (Lipinski definition) is 4. The molecule has 1 aliphatic heterocycles. The number of rotatable bonds is 7. The summed E-state index contributed by atoms with van der Waals surface area (Å²) in [5, 5.41) is 1.95. The summed E-state index contributed by atoms with van der Waals surface area (Å²) in [5.74, 6) is 1.59. The molecule has 2 aliphatic rings. The number of aromatic nitrogens is 2. The molecular formula is C60H61N4OPt-3. The Hall–Kier alpha value is -5.64. The summed E-state index contributed by atoms with van der Waals surface area (Å²) in [6.07, 6.45) is -1.16. The van der Waals surface area contributed by atoms with Gasteiger partial charge in [-0.3, -0.25) is 0 Å². The van der Waals surface area contributed by atoms with E-state index in [9.17, 15) is 5.48 Å². The molecule has 1 saturated carbocycles. The molecule has 0 bridgehead atoms. The number of nitrogens with zero attached hydrogens (tertiary/aromatic N) is 4. The van der Waals surface area contributed by atoms with E-state index < -0.39 is 18.2 Å². The van der Waals surface area contributed by atoms with E-state index in [4.69, 9.17) is 9.72 Å². The molecule has 2 aromatic heterocycles. The summed E-state index contributed by atoms with van der Waals surface area (Å²) >= 11 is 0. The van der Waals surface area contributed by atoms with Gasteiger partial charge in [0.05, 0.1) is 0 Å². The molecule has 5 nitrogen and oxygen atoms in total. The fourth-order valence-corrected chi connectivity index (χ4v) is 9.67. The Balaban J connectivity index is 0.00000608. The first-order chi connectivity index (χ1) is 32.6. The molecule has 8 aromatic rings. The van der Waals surface area contributed by atoms with E-state index in [1.54, 1.807) is 12.3 Å². The van der Waals surface area contributed by atoms with Gasteiger partial charge in [0.2, 0.25) is 0 Å². The van der Waals surface area contributed by atoms with Gasteiger partial charge in [-0.05, 0) is 87.0 Å². The zero-order valence-corrected chi connectivity index (χ0v) is 41.8. The van der Waals surface area contributed by atoms with Crippen LogP contribution in [-0.4, -0.2) is 9.55 Å². The molecule has 0 spiro atoms. The molecule has 0 atom stereocenters. The third-order valence-corrected chi connectivity index (χ3v) is 13.0. The fourth-order valence-electron chi connectivity index (χ4n) is 9.67. The van der Waals surface area contributed by atoms with Gasteiger partial charge >= 0.3 is 0 Å². The van der Waals surface area contributed by atoms with Crippen molar-refractivity contribution in [2.24, 2.45) is 0 Å². The molecule has 1 fully saturated rings. The molecule has 0 radical (unpaired) electrons. The minimum absolute atomic E-state index is 0. The number of hydrogen-bond donors (Lipinski definition) is 0. The Morgan fingerprint density at radius 1 is 0.606 bits per heavy atom. The van der Waals surface area contributed by atoms with Crippen molar-refractivity contribution in [1.82, 2.24) is 9.55 Å². The van der Waals surface area contributed by atoms with Crippen molar-refractivity contribution in [1.29, 1.82) is 0 Å². The average Bonchev–Trinajstić information content (AvgIpc) is 3.84. The minimum atomic E-state index is -1.89. The minimum Gasteiger partial charge on any atom is -0.509 e. The van der Waals surface area contributed by atoms with Gasteiger partial charge in [0, 0.05) is 72.2 Å². The molecule has 0 unspecified atom stereocenters. The van der Waals surface area contributed by atoms with E-state index in [0.717, 1.165) is 44.4 Å². The van der Waals surface area contributed by atoms with E-state index in [2.05, 4.69) is 164 Å². The molecule has 6 aromatic carbocycles. The van der Waals surface area contributed by atoms with Crippen molar-refractivity contribution >= 4 is 44.6 Å². The summed E-state index contributed by atoms with van der Waals surface area (Å²) in [7, 11) is 0. The topological polar surface area (TPSA) is 33.5 Å². The first-order valence-corrected chi connectivity index (χ1v) is 23.0. The third kappa shape index (κ3) is 8.16. The number of fused-ring (bicyclic) bond motifs is 4. The third-order valence-electron chi connectivity index (χ3n) is 13.0. The van der Waals surface area contributed by atoms with Crippen LogP contribution in [0.1, 0.15) is 128 Å². The summed E-state index contributed by atoms with van der Waals surface area (Å²) < 4.78 is 47.1. The zero-order chi connectivity index (χ0) is 48.9. The van der Waals surface area contributed by atoms with Gasteiger partial charge in [0.15, 0.2) is 0 Å². The second kappa shape index (κ2) is 17.2. The van der Waals surface area contributed by atoms with Crippen molar-refractivity contribution in [3.05, 3.63) is 186 Å². The zero-order valence-electron chi connectivity index (χ0n) is 43.5. The number of pyridine rings is 1. The maximum absolute atomic E-state index is 9.54. The van der Waals surface area contributed by atoms with Crippen molar-refractivity contribution in [2.75, 3.05) is 9.80 Å². The van der Waals surface area contributed by atoms with Crippen LogP contribution in [0.15, 0.2) is 140 Å². The first kappa shape index (κ1) is 40.6. The van der Waals surface area contributed by atoms with E-state index in [0.29, 0.717) is 34.9 Å². The van der Waals surface area contributed by atoms with Gasteiger partial charge in [-0.25, -0.2) is 4.98 Å². The van der Waals surface area contributed by atoms with Gasteiger partial charge in [-0.15, -0.1) is 53.6 Å². The molecule has 0 saturated heterocycles. The number of anilines is 4. The van der Waals surface area contributed by atoms with Crippen LogP contribution in [0.4, 0.5) is 22.7 Å². The van der Waals surface area contributed by atoms with Crippen LogP contribution in [0.2, 0.25) is 0 Å². The summed E-state index contributed by atoms with van der Waals surface area (Å²) in [6, 6.07) is 52.1.